The molecule has 0 spiro atoms. The van der Waals surface area contributed by atoms with E-state index in [0.29, 0.717) is 16.5 Å². The molecule has 2 atom stereocenters. The third-order valence-corrected chi connectivity index (χ3v) is 5.28. The molecule has 2 rings (SSSR count). The van der Waals surface area contributed by atoms with Gasteiger partial charge in [0.15, 0.2) is 5.38 Å². The van der Waals surface area contributed by atoms with Crippen molar-refractivity contribution in [3.8, 4) is 0 Å². The van der Waals surface area contributed by atoms with Gasteiger partial charge in [-0.1, -0.05) is 43.0 Å². The van der Waals surface area contributed by atoms with Crippen molar-refractivity contribution in [2.24, 2.45) is 0 Å². The van der Waals surface area contributed by atoms with E-state index < -0.39 is 16.7 Å². The smallest absolute Gasteiger partial charge is 0.323 e. The maximum Gasteiger partial charge on any atom is 0.323 e. The van der Waals surface area contributed by atoms with Gasteiger partial charge in [0, 0.05) is 5.02 Å². The van der Waals surface area contributed by atoms with Crippen LogP contribution in [0.4, 0.5) is 0 Å². The van der Waals surface area contributed by atoms with E-state index in [0.717, 1.165) is 18.4 Å². The molecule has 1 saturated carbocycles. The summed E-state index contributed by atoms with van der Waals surface area (Å²) in [4.78, 5) is 10.9. The Hall–Kier alpha value is -0.440. The Kier molecular flexibility index (Phi) is 5.59. The predicted octanol–water partition coefficient (Wildman–Crippen LogP) is 5.36. The zero-order valence-corrected chi connectivity index (χ0v) is 13.3. The molecule has 0 aromatic heterocycles. The van der Waals surface area contributed by atoms with Gasteiger partial charge in [0.1, 0.15) is 0 Å². The van der Waals surface area contributed by atoms with Crippen LogP contribution >= 0.6 is 34.8 Å². The predicted molar refractivity (Wildman–Crippen MR) is 83.1 cm³/mol. The van der Waals surface area contributed by atoms with Crippen molar-refractivity contribution in [2.45, 2.75) is 48.8 Å². The van der Waals surface area contributed by atoms with Crippen LogP contribution < -0.4 is 0 Å². The monoisotopic (exact) mass is 334 g/mol. The number of carboxylic acid groups (broad SMARTS) is 1. The van der Waals surface area contributed by atoms with Gasteiger partial charge in [-0.2, -0.15) is 0 Å². The van der Waals surface area contributed by atoms with E-state index in [4.69, 9.17) is 39.9 Å². The molecule has 1 fully saturated rings. The van der Waals surface area contributed by atoms with E-state index in [9.17, 15) is 4.79 Å². The Labute approximate surface area is 134 Å². The number of rotatable bonds is 4. The van der Waals surface area contributed by atoms with E-state index in [-0.39, 0.29) is 0 Å². The molecule has 0 bridgehead atoms. The summed E-state index contributed by atoms with van der Waals surface area (Å²) in [7, 11) is 0. The summed E-state index contributed by atoms with van der Waals surface area (Å²) in [6, 6.07) is 5.56. The molecule has 2 unspecified atom stereocenters. The van der Waals surface area contributed by atoms with Gasteiger partial charge < -0.3 is 5.11 Å². The Morgan fingerprint density at radius 2 is 1.85 bits per heavy atom. The van der Waals surface area contributed by atoms with Crippen LogP contribution in [0.1, 0.15) is 54.5 Å². The first kappa shape index (κ1) is 15.9. The first-order valence-corrected chi connectivity index (χ1v) is 8.06. The van der Waals surface area contributed by atoms with Crippen molar-refractivity contribution in [1.82, 2.24) is 0 Å². The fourth-order valence-corrected chi connectivity index (χ4v) is 3.49. The molecule has 0 aliphatic heterocycles. The summed E-state index contributed by atoms with van der Waals surface area (Å²) < 4.78 is 0. The number of benzene rings is 1. The van der Waals surface area contributed by atoms with Crippen molar-refractivity contribution < 1.29 is 9.90 Å². The fourth-order valence-electron chi connectivity index (χ4n) is 2.75. The van der Waals surface area contributed by atoms with Gasteiger partial charge in [0.05, 0.1) is 5.38 Å². The van der Waals surface area contributed by atoms with Crippen LogP contribution in [0.2, 0.25) is 5.02 Å². The molecule has 1 N–H and O–H groups in total. The number of aliphatic carboxylic acids is 1. The summed E-state index contributed by atoms with van der Waals surface area (Å²) >= 11 is 18.2. The normalized spacial score (nSPS) is 19.6. The average Bonchev–Trinajstić information content (AvgIpc) is 2.46. The van der Waals surface area contributed by atoms with E-state index in [1.54, 1.807) is 6.07 Å². The largest absolute Gasteiger partial charge is 0.480 e. The second-order valence-corrected chi connectivity index (χ2v) is 6.61. The number of carbonyl (C=O) groups is 1. The Morgan fingerprint density at radius 3 is 2.40 bits per heavy atom. The van der Waals surface area contributed by atoms with E-state index in [2.05, 4.69) is 0 Å². The Balaban J connectivity index is 2.18. The number of hydrogen-bond acceptors (Lipinski definition) is 1. The third-order valence-electron chi connectivity index (χ3n) is 3.88. The van der Waals surface area contributed by atoms with Crippen LogP contribution in [0.3, 0.4) is 0 Å². The van der Waals surface area contributed by atoms with E-state index >= 15 is 0 Å². The molecule has 0 saturated heterocycles. The second kappa shape index (κ2) is 7.02. The van der Waals surface area contributed by atoms with Crippen molar-refractivity contribution >= 4 is 40.8 Å². The minimum atomic E-state index is -1.16. The molecule has 0 heterocycles. The Morgan fingerprint density at radius 1 is 1.20 bits per heavy atom. The number of hydrogen-bond donors (Lipinski definition) is 1. The first-order chi connectivity index (χ1) is 9.50. The molecular weight excluding hydrogens is 319 g/mol. The van der Waals surface area contributed by atoms with E-state index in [1.165, 1.54) is 19.3 Å². The third kappa shape index (κ3) is 3.60. The lowest BCUT2D eigenvalue weighted by molar-refractivity contribution is -0.136. The fraction of sp³-hybridized carbons (Fsp3) is 0.533. The minimum Gasteiger partial charge on any atom is -0.480 e. The standard InChI is InChI=1S/C15H17Cl3O2/c16-12-8-10(13(17)14(18)15(19)20)6-7-11(12)9-4-2-1-3-5-9/h6-9,13-14H,1-5H2,(H,19,20). The van der Waals surface area contributed by atoms with Gasteiger partial charge in [-0.25, -0.2) is 0 Å². The maximum atomic E-state index is 10.9. The van der Waals surface area contributed by atoms with Crippen LogP contribution in [-0.4, -0.2) is 16.5 Å². The van der Waals surface area contributed by atoms with Crippen molar-refractivity contribution in [3.05, 3.63) is 34.3 Å². The van der Waals surface area contributed by atoms with Gasteiger partial charge in [0.25, 0.3) is 0 Å². The summed E-state index contributed by atoms with van der Waals surface area (Å²) in [6.45, 7) is 0. The lowest BCUT2D eigenvalue weighted by atomic mass is 9.83. The lowest BCUT2D eigenvalue weighted by Crippen LogP contribution is -2.19. The van der Waals surface area contributed by atoms with Crippen molar-refractivity contribution in [1.29, 1.82) is 0 Å². The SMILES string of the molecule is O=C(O)C(Cl)C(Cl)c1ccc(C2CCCCC2)c(Cl)c1. The lowest BCUT2D eigenvalue weighted by Gasteiger charge is -2.23. The highest BCUT2D eigenvalue weighted by Gasteiger charge is 2.26. The zero-order chi connectivity index (χ0) is 14.7. The summed E-state index contributed by atoms with van der Waals surface area (Å²) in [5, 5.41) is 7.61. The van der Waals surface area contributed by atoms with Gasteiger partial charge in [-0.3, -0.25) is 4.79 Å². The molecule has 1 aromatic rings. The molecule has 1 aromatic carbocycles. The number of alkyl halides is 2. The number of carboxylic acids is 1. The van der Waals surface area contributed by atoms with Crippen LogP contribution in [0.15, 0.2) is 18.2 Å². The van der Waals surface area contributed by atoms with Gasteiger partial charge in [0.2, 0.25) is 0 Å². The topological polar surface area (TPSA) is 37.3 Å². The first-order valence-electron chi connectivity index (χ1n) is 6.81. The molecule has 2 nitrogen and oxygen atoms in total. The average molecular weight is 336 g/mol. The van der Waals surface area contributed by atoms with Crippen LogP contribution in [0, 0.1) is 0 Å². The maximum absolute atomic E-state index is 10.9. The second-order valence-electron chi connectivity index (χ2n) is 5.26. The van der Waals surface area contributed by atoms with Crippen LogP contribution in [-0.2, 0) is 4.79 Å². The van der Waals surface area contributed by atoms with Gasteiger partial charge in [-0.05, 0) is 36.0 Å². The van der Waals surface area contributed by atoms with Crippen molar-refractivity contribution in [2.75, 3.05) is 0 Å². The van der Waals surface area contributed by atoms with Crippen LogP contribution in [0.25, 0.3) is 0 Å². The summed E-state index contributed by atoms with van der Waals surface area (Å²) in [5.41, 5.74) is 1.79. The quantitative estimate of drug-likeness (QED) is 0.752. The molecule has 110 valence electrons. The molecule has 1 aliphatic carbocycles. The summed E-state index contributed by atoms with van der Waals surface area (Å²) in [6.07, 6.45) is 6.10. The molecule has 0 amide bonds. The molecule has 1 aliphatic rings. The van der Waals surface area contributed by atoms with Crippen molar-refractivity contribution in [3.63, 3.8) is 0 Å². The Bertz CT molecular complexity index is 484. The highest BCUT2D eigenvalue weighted by atomic mass is 35.5. The molecular formula is C15H17Cl3O2. The zero-order valence-electron chi connectivity index (χ0n) is 11.0. The molecule has 5 heteroatoms. The minimum absolute atomic E-state index is 0.505. The van der Waals surface area contributed by atoms with Gasteiger partial charge in [-0.15, -0.1) is 23.2 Å². The van der Waals surface area contributed by atoms with Gasteiger partial charge >= 0.3 is 5.97 Å². The molecule has 0 radical (unpaired) electrons. The highest BCUT2D eigenvalue weighted by molar-refractivity contribution is 6.36. The van der Waals surface area contributed by atoms with Crippen LogP contribution in [0.5, 0.6) is 0 Å². The molecule has 20 heavy (non-hydrogen) atoms. The number of halogens is 3. The summed E-state index contributed by atoms with van der Waals surface area (Å²) in [5.74, 6) is -0.621. The van der Waals surface area contributed by atoms with E-state index in [1.807, 2.05) is 12.1 Å². The highest BCUT2D eigenvalue weighted by Crippen LogP contribution is 2.38.